The highest BCUT2D eigenvalue weighted by atomic mass is 16.2. The quantitative estimate of drug-likeness (QED) is 0.483. The van der Waals surface area contributed by atoms with Crippen molar-refractivity contribution in [2.24, 2.45) is 5.84 Å². The van der Waals surface area contributed by atoms with Gasteiger partial charge in [-0.1, -0.05) is 19.1 Å². The molecule has 0 saturated carbocycles. The van der Waals surface area contributed by atoms with Gasteiger partial charge in [0.2, 0.25) is 0 Å². The number of nitrogens with zero attached hydrogens (tertiary/aromatic N) is 1. The molecule has 1 aliphatic rings. The van der Waals surface area contributed by atoms with Crippen molar-refractivity contribution in [3.8, 4) is 0 Å². The lowest BCUT2D eigenvalue weighted by Crippen LogP contribution is -2.30. The van der Waals surface area contributed by atoms with E-state index in [1.807, 2.05) is 24.3 Å². The number of hydrogen-bond acceptors (Lipinski definition) is 3. The van der Waals surface area contributed by atoms with Crippen LogP contribution in [-0.2, 0) is 6.54 Å². The standard InChI is InChI=1S/C14H21N3O/c1-2-13-4-3-9-17(13)10-11-5-7-12(8-6-11)14(18)16-15/h5-8,13H,2-4,9-10,15H2,1H3,(H,16,18). The van der Waals surface area contributed by atoms with Crippen LogP contribution >= 0.6 is 0 Å². The molecule has 2 rings (SSSR count). The molecule has 0 spiro atoms. The zero-order chi connectivity index (χ0) is 13.0. The first-order valence-corrected chi connectivity index (χ1v) is 6.58. The molecule has 1 aromatic rings. The third kappa shape index (κ3) is 2.89. The molecule has 4 heteroatoms. The average molecular weight is 247 g/mol. The molecule has 0 aromatic heterocycles. The third-order valence-corrected chi connectivity index (χ3v) is 3.70. The maximum Gasteiger partial charge on any atom is 0.265 e. The molecular formula is C14H21N3O. The molecule has 1 unspecified atom stereocenters. The number of carbonyl (C=O) groups is 1. The van der Waals surface area contributed by atoms with Gasteiger partial charge < -0.3 is 0 Å². The summed E-state index contributed by atoms with van der Waals surface area (Å²) >= 11 is 0. The summed E-state index contributed by atoms with van der Waals surface area (Å²) in [7, 11) is 0. The van der Waals surface area contributed by atoms with E-state index in [9.17, 15) is 4.79 Å². The fourth-order valence-electron chi connectivity index (χ4n) is 2.65. The number of nitrogens with one attached hydrogen (secondary N) is 1. The second-order valence-electron chi connectivity index (χ2n) is 4.85. The second kappa shape index (κ2) is 5.98. The summed E-state index contributed by atoms with van der Waals surface area (Å²) in [6, 6.07) is 8.39. The van der Waals surface area contributed by atoms with Crippen LogP contribution in [0.15, 0.2) is 24.3 Å². The van der Waals surface area contributed by atoms with E-state index in [-0.39, 0.29) is 5.91 Å². The average Bonchev–Trinajstić information content (AvgIpc) is 2.86. The summed E-state index contributed by atoms with van der Waals surface area (Å²) in [5.41, 5.74) is 4.00. The van der Waals surface area contributed by atoms with Crippen LogP contribution in [0.3, 0.4) is 0 Å². The van der Waals surface area contributed by atoms with Crippen molar-refractivity contribution in [1.29, 1.82) is 0 Å². The van der Waals surface area contributed by atoms with Gasteiger partial charge in [-0.15, -0.1) is 0 Å². The number of amides is 1. The van der Waals surface area contributed by atoms with E-state index in [4.69, 9.17) is 5.84 Å². The molecule has 1 aliphatic heterocycles. The fourth-order valence-corrected chi connectivity index (χ4v) is 2.65. The Morgan fingerprint density at radius 2 is 2.17 bits per heavy atom. The van der Waals surface area contributed by atoms with Crippen LogP contribution in [-0.4, -0.2) is 23.4 Å². The van der Waals surface area contributed by atoms with Gasteiger partial charge in [-0.25, -0.2) is 5.84 Å². The molecule has 18 heavy (non-hydrogen) atoms. The Kier molecular flexibility index (Phi) is 4.33. The Labute approximate surface area is 108 Å². The normalized spacial score (nSPS) is 20.0. The number of rotatable bonds is 4. The van der Waals surface area contributed by atoms with E-state index in [2.05, 4.69) is 17.2 Å². The number of hydrazine groups is 1. The van der Waals surface area contributed by atoms with E-state index in [0.29, 0.717) is 5.56 Å². The molecule has 1 aromatic carbocycles. The lowest BCUT2D eigenvalue weighted by Gasteiger charge is -2.23. The number of carbonyl (C=O) groups excluding carboxylic acids is 1. The van der Waals surface area contributed by atoms with Crippen LogP contribution in [0.5, 0.6) is 0 Å². The molecule has 0 radical (unpaired) electrons. The van der Waals surface area contributed by atoms with Crippen molar-refractivity contribution >= 4 is 5.91 Å². The number of hydrogen-bond donors (Lipinski definition) is 2. The molecular weight excluding hydrogens is 226 g/mol. The summed E-state index contributed by atoms with van der Waals surface area (Å²) < 4.78 is 0. The maximum atomic E-state index is 11.3. The lowest BCUT2D eigenvalue weighted by atomic mass is 10.1. The predicted molar refractivity (Wildman–Crippen MR) is 71.8 cm³/mol. The van der Waals surface area contributed by atoms with Crippen LogP contribution in [0, 0.1) is 0 Å². The topological polar surface area (TPSA) is 58.4 Å². The minimum absolute atomic E-state index is 0.242. The maximum absolute atomic E-state index is 11.3. The zero-order valence-corrected chi connectivity index (χ0v) is 10.9. The highest BCUT2D eigenvalue weighted by molar-refractivity contribution is 5.93. The summed E-state index contributed by atoms with van der Waals surface area (Å²) in [4.78, 5) is 13.8. The molecule has 98 valence electrons. The first-order valence-electron chi connectivity index (χ1n) is 6.58. The molecule has 0 bridgehead atoms. The fraction of sp³-hybridized carbons (Fsp3) is 0.500. The van der Waals surface area contributed by atoms with Crippen LogP contribution in [0.4, 0.5) is 0 Å². The summed E-state index contributed by atoms with van der Waals surface area (Å²) in [5.74, 6) is 4.86. The second-order valence-corrected chi connectivity index (χ2v) is 4.85. The van der Waals surface area contributed by atoms with E-state index in [1.54, 1.807) is 0 Å². The lowest BCUT2D eigenvalue weighted by molar-refractivity contribution is 0.0953. The van der Waals surface area contributed by atoms with Gasteiger partial charge in [0.05, 0.1) is 0 Å². The van der Waals surface area contributed by atoms with Gasteiger partial charge >= 0.3 is 0 Å². The first kappa shape index (κ1) is 13.1. The van der Waals surface area contributed by atoms with E-state index >= 15 is 0 Å². The molecule has 1 heterocycles. The number of nitrogens with two attached hydrogens (primary N) is 1. The number of benzene rings is 1. The summed E-state index contributed by atoms with van der Waals surface area (Å²) in [5, 5.41) is 0. The van der Waals surface area contributed by atoms with Crippen LogP contribution in [0.2, 0.25) is 0 Å². The molecule has 1 amide bonds. The van der Waals surface area contributed by atoms with E-state index in [0.717, 1.165) is 12.6 Å². The molecule has 1 saturated heterocycles. The van der Waals surface area contributed by atoms with Gasteiger partial charge in [0.15, 0.2) is 0 Å². The monoisotopic (exact) mass is 247 g/mol. The highest BCUT2D eigenvalue weighted by Gasteiger charge is 2.22. The van der Waals surface area contributed by atoms with Gasteiger partial charge in [-0.2, -0.15) is 0 Å². The Hall–Kier alpha value is -1.39. The number of nitrogen functional groups attached to an aromatic ring is 1. The predicted octanol–water partition coefficient (Wildman–Crippen LogP) is 1.66. The molecule has 4 nitrogen and oxygen atoms in total. The van der Waals surface area contributed by atoms with Crippen molar-refractivity contribution in [2.75, 3.05) is 6.54 Å². The van der Waals surface area contributed by atoms with Crippen molar-refractivity contribution in [3.63, 3.8) is 0 Å². The van der Waals surface area contributed by atoms with E-state index < -0.39 is 0 Å². The van der Waals surface area contributed by atoms with Crippen LogP contribution in [0.25, 0.3) is 0 Å². The summed E-state index contributed by atoms with van der Waals surface area (Å²) in [6.07, 6.45) is 3.82. The van der Waals surface area contributed by atoms with E-state index in [1.165, 1.54) is 31.4 Å². The van der Waals surface area contributed by atoms with Gasteiger partial charge in [0.25, 0.3) is 5.91 Å². The van der Waals surface area contributed by atoms with Crippen LogP contribution < -0.4 is 11.3 Å². The van der Waals surface area contributed by atoms with Crippen molar-refractivity contribution in [1.82, 2.24) is 10.3 Å². The number of likely N-dealkylation sites (tertiary alicyclic amines) is 1. The van der Waals surface area contributed by atoms with Crippen molar-refractivity contribution < 1.29 is 4.79 Å². The Morgan fingerprint density at radius 3 is 2.78 bits per heavy atom. The smallest absolute Gasteiger partial charge is 0.265 e. The zero-order valence-electron chi connectivity index (χ0n) is 10.9. The Balaban J connectivity index is 2.00. The van der Waals surface area contributed by atoms with Gasteiger partial charge in [-0.05, 0) is 43.5 Å². The van der Waals surface area contributed by atoms with Gasteiger partial charge in [-0.3, -0.25) is 15.1 Å². The van der Waals surface area contributed by atoms with Gasteiger partial charge in [0, 0.05) is 18.2 Å². The largest absolute Gasteiger partial charge is 0.296 e. The van der Waals surface area contributed by atoms with Crippen molar-refractivity contribution in [2.45, 2.75) is 38.8 Å². The molecule has 1 fully saturated rings. The SMILES string of the molecule is CCC1CCCN1Cc1ccc(C(=O)NN)cc1. The first-order chi connectivity index (χ1) is 8.74. The summed E-state index contributed by atoms with van der Waals surface area (Å²) in [6.45, 7) is 4.41. The van der Waals surface area contributed by atoms with Crippen LogP contribution in [0.1, 0.15) is 42.1 Å². The molecule has 0 aliphatic carbocycles. The van der Waals surface area contributed by atoms with Crippen molar-refractivity contribution in [3.05, 3.63) is 35.4 Å². The minimum atomic E-state index is -0.242. The highest BCUT2D eigenvalue weighted by Crippen LogP contribution is 2.22. The Bertz CT molecular complexity index is 402. The molecule has 3 N–H and O–H groups in total. The molecule has 1 atom stereocenters. The third-order valence-electron chi connectivity index (χ3n) is 3.70. The Morgan fingerprint density at radius 1 is 1.44 bits per heavy atom. The van der Waals surface area contributed by atoms with Gasteiger partial charge in [0.1, 0.15) is 0 Å². The minimum Gasteiger partial charge on any atom is -0.296 e.